The van der Waals surface area contributed by atoms with Crippen molar-refractivity contribution in [1.82, 2.24) is 9.80 Å². The Kier molecular flexibility index (Phi) is 5.17. The largest absolute Gasteiger partial charge is 0.416 e. The van der Waals surface area contributed by atoms with Crippen molar-refractivity contribution in [3.8, 4) is 0 Å². The number of rotatable bonds is 2. The van der Waals surface area contributed by atoms with E-state index >= 15 is 0 Å². The Balaban J connectivity index is 1.87. The van der Waals surface area contributed by atoms with Crippen LogP contribution in [0.25, 0.3) is 0 Å². The molecule has 1 spiro atoms. The summed E-state index contributed by atoms with van der Waals surface area (Å²) < 4.78 is 78.4. The fourth-order valence-electron chi connectivity index (χ4n) is 3.88. The molecular formula is C19H18F6N2O2. The van der Waals surface area contributed by atoms with Crippen molar-refractivity contribution in [2.75, 3.05) is 19.6 Å². The number of hydrogen-bond donors (Lipinski definition) is 0. The van der Waals surface area contributed by atoms with Crippen molar-refractivity contribution in [2.45, 2.75) is 37.2 Å². The minimum absolute atomic E-state index is 0.00202. The lowest BCUT2D eigenvalue weighted by molar-refractivity contribution is -0.143. The normalized spacial score (nSPS) is 19.1. The van der Waals surface area contributed by atoms with Crippen molar-refractivity contribution < 1.29 is 35.9 Å². The molecule has 0 bridgehead atoms. The SMILES string of the molecule is C=CC(=O)N1CCC2(CC1)CCN2C(=O)c1cc(C(F)(F)F)cc(C(F)(F)F)c1. The number of halogens is 6. The van der Waals surface area contributed by atoms with Crippen molar-refractivity contribution in [2.24, 2.45) is 0 Å². The summed E-state index contributed by atoms with van der Waals surface area (Å²) in [7, 11) is 0. The van der Waals surface area contributed by atoms with Gasteiger partial charge < -0.3 is 9.80 Å². The van der Waals surface area contributed by atoms with Gasteiger partial charge in [0.15, 0.2) is 0 Å². The molecule has 2 amide bonds. The summed E-state index contributed by atoms with van der Waals surface area (Å²) in [6, 6.07) is 0.919. The first kappa shape index (κ1) is 21.2. The summed E-state index contributed by atoms with van der Waals surface area (Å²) in [6.45, 7) is 4.32. The second kappa shape index (κ2) is 7.07. The van der Waals surface area contributed by atoms with E-state index in [4.69, 9.17) is 0 Å². The smallest absolute Gasteiger partial charge is 0.339 e. The minimum atomic E-state index is -5.01. The predicted octanol–water partition coefficient (Wildman–Crippen LogP) is 4.12. The monoisotopic (exact) mass is 420 g/mol. The van der Waals surface area contributed by atoms with Crippen LogP contribution in [0.5, 0.6) is 0 Å². The Morgan fingerprint density at radius 1 is 0.897 bits per heavy atom. The summed E-state index contributed by atoms with van der Waals surface area (Å²) >= 11 is 0. The van der Waals surface area contributed by atoms with Crippen LogP contribution in [0, 0.1) is 0 Å². The zero-order valence-corrected chi connectivity index (χ0v) is 15.2. The first-order valence-electron chi connectivity index (χ1n) is 8.90. The third-order valence-corrected chi connectivity index (χ3v) is 5.63. The number of likely N-dealkylation sites (tertiary alicyclic amines) is 2. The zero-order chi connectivity index (χ0) is 21.6. The molecule has 0 N–H and O–H groups in total. The first-order chi connectivity index (χ1) is 13.4. The molecule has 1 aromatic rings. The standard InChI is InChI=1S/C19H18F6N2O2/c1-2-15(28)26-6-3-17(4-7-26)5-8-27(17)16(29)12-9-13(18(20,21)22)11-14(10-12)19(23,24)25/h2,9-11H,1,3-8H2. The molecule has 10 heteroatoms. The van der Waals surface area contributed by atoms with Crippen molar-refractivity contribution in [3.05, 3.63) is 47.5 Å². The first-order valence-corrected chi connectivity index (χ1v) is 8.90. The van der Waals surface area contributed by atoms with Gasteiger partial charge in [-0.1, -0.05) is 6.58 Å². The Morgan fingerprint density at radius 3 is 1.76 bits per heavy atom. The summed E-state index contributed by atoms with van der Waals surface area (Å²) in [6.07, 6.45) is -7.46. The van der Waals surface area contributed by atoms with Gasteiger partial charge >= 0.3 is 12.4 Å². The van der Waals surface area contributed by atoms with Crippen LogP contribution in [0.15, 0.2) is 30.9 Å². The quantitative estimate of drug-likeness (QED) is 0.534. The molecule has 4 nitrogen and oxygen atoms in total. The third-order valence-electron chi connectivity index (χ3n) is 5.63. The zero-order valence-electron chi connectivity index (χ0n) is 15.2. The topological polar surface area (TPSA) is 40.6 Å². The number of amides is 2. The average Bonchev–Trinajstić information content (AvgIpc) is 2.64. The second-order valence-electron chi connectivity index (χ2n) is 7.26. The van der Waals surface area contributed by atoms with Gasteiger partial charge in [-0.25, -0.2) is 0 Å². The third kappa shape index (κ3) is 3.97. The van der Waals surface area contributed by atoms with Crippen molar-refractivity contribution >= 4 is 11.8 Å². The number of hydrogen-bond acceptors (Lipinski definition) is 2. The highest BCUT2D eigenvalue weighted by molar-refractivity contribution is 5.96. The number of nitrogens with zero attached hydrogens (tertiary/aromatic N) is 2. The van der Waals surface area contributed by atoms with Gasteiger partial charge in [0.2, 0.25) is 5.91 Å². The van der Waals surface area contributed by atoms with E-state index in [1.807, 2.05) is 0 Å². The fraction of sp³-hybridized carbons (Fsp3) is 0.474. The van der Waals surface area contributed by atoms with Crippen LogP contribution in [0.1, 0.15) is 40.7 Å². The lowest BCUT2D eigenvalue weighted by atomic mass is 9.76. The molecule has 0 saturated carbocycles. The molecule has 2 heterocycles. The summed E-state index contributed by atoms with van der Waals surface area (Å²) in [5, 5.41) is 0. The molecular weight excluding hydrogens is 402 g/mol. The molecule has 29 heavy (non-hydrogen) atoms. The maximum absolute atomic E-state index is 13.1. The van der Waals surface area contributed by atoms with Gasteiger partial charge in [-0.3, -0.25) is 9.59 Å². The highest BCUT2D eigenvalue weighted by atomic mass is 19.4. The molecule has 2 saturated heterocycles. The maximum Gasteiger partial charge on any atom is 0.416 e. The van der Waals surface area contributed by atoms with Crippen molar-refractivity contribution in [3.63, 3.8) is 0 Å². The van der Waals surface area contributed by atoms with Crippen LogP contribution < -0.4 is 0 Å². The maximum atomic E-state index is 13.1. The number of benzene rings is 1. The second-order valence-corrected chi connectivity index (χ2v) is 7.26. The van der Waals surface area contributed by atoms with Crippen LogP contribution in [0.4, 0.5) is 26.3 Å². The van der Waals surface area contributed by atoms with Crippen LogP contribution in [0.2, 0.25) is 0 Å². The van der Waals surface area contributed by atoms with E-state index in [0.717, 1.165) is 0 Å². The van der Waals surface area contributed by atoms with Gasteiger partial charge in [0.25, 0.3) is 5.91 Å². The van der Waals surface area contributed by atoms with Crippen LogP contribution in [0.3, 0.4) is 0 Å². The lowest BCUT2D eigenvalue weighted by Gasteiger charge is -2.56. The molecule has 0 aliphatic carbocycles. The van der Waals surface area contributed by atoms with E-state index in [0.29, 0.717) is 44.5 Å². The fourth-order valence-corrected chi connectivity index (χ4v) is 3.88. The molecule has 0 aromatic heterocycles. The van der Waals surface area contributed by atoms with E-state index in [9.17, 15) is 35.9 Å². The van der Waals surface area contributed by atoms with E-state index in [2.05, 4.69) is 6.58 Å². The Hall–Kier alpha value is -2.52. The van der Waals surface area contributed by atoms with E-state index in [1.165, 1.54) is 11.0 Å². The van der Waals surface area contributed by atoms with E-state index in [-0.39, 0.29) is 18.5 Å². The Morgan fingerprint density at radius 2 is 1.38 bits per heavy atom. The Bertz CT molecular complexity index is 806. The molecule has 2 aliphatic heterocycles. The minimum Gasteiger partial charge on any atom is -0.339 e. The van der Waals surface area contributed by atoms with E-state index in [1.54, 1.807) is 4.90 Å². The van der Waals surface area contributed by atoms with Gasteiger partial charge in [-0.05, 0) is 43.5 Å². The van der Waals surface area contributed by atoms with Gasteiger partial charge in [0, 0.05) is 30.7 Å². The molecule has 158 valence electrons. The van der Waals surface area contributed by atoms with Gasteiger partial charge in [0.05, 0.1) is 11.1 Å². The number of piperidine rings is 1. The molecule has 3 rings (SSSR count). The number of carbonyl (C=O) groups is 2. The highest BCUT2D eigenvalue weighted by Crippen LogP contribution is 2.42. The lowest BCUT2D eigenvalue weighted by Crippen LogP contribution is -2.66. The van der Waals surface area contributed by atoms with Gasteiger partial charge in [-0.2, -0.15) is 26.3 Å². The summed E-state index contributed by atoms with van der Waals surface area (Å²) in [5.74, 6) is -1.12. The highest BCUT2D eigenvalue weighted by Gasteiger charge is 2.49. The summed E-state index contributed by atoms with van der Waals surface area (Å²) in [5.41, 5.74) is -4.33. The van der Waals surface area contributed by atoms with Crippen molar-refractivity contribution in [1.29, 1.82) is 0 Å². The number of alkyl halides is 6. The average molecular weight is 420 g/mol. The molecule has 0 unspecified atom stereocenters. The number of carbonyl (C=O) groups excluding carboxylic acids is 2. The predicted molar refractivity (Wildman–Crippen MR) is 90.8 cm³/mol. The molecule has 0 atom stereocenters. The molecule has 2 aliphatic rings. The van der Waals surface area contributed by atoms with Gasteiger partial charge in [0.1, 0.15) is 0 Å². The van der Waals surface area contributed by atoms with E-state index < -0.39 is 40.5 Å². The summed E-state index contributed by atoms with van der Waals surface area (Å²) in [4.78, 5) is 27.4. The van der Waals surface area contributed by atoms with Crippen LogP contribution >= 0.6 is 0 Å². The van der Waals surface area contributed by atoms with Crippen LogP contribution in [-0.4, -0.2) is 46.8 Å². The Labute approximate surface area is 162 Å². The van der Waals surface area contributed by atoms with Crippen LogP contribution in [-0.2, 0) is 17.1 Å². The molecule has 1 aromatic carbocycles. The molecule has 2 fully saturated rings. The van der Waals surface area contributed by atoms with Gasteiger partial charge in [-0.15, -0.1) is 0 Å². The molecule has 0 radical (unpaired) electrons.